The molecule has 0 atom stereocenters. The van der Waals surface area contributed by atoms with Gasteiger partial charge in [-0.05, 0) is 61.7 Å². The van der Waals surface area contributed by atoms with Gasteiger partial charge in [0.2, 0.25) is 0 Å². The van der Waals surface area contributed by atoms with E-state index >= 15 is 0 Å². The van der Waals surface area contributed by atoms with Crippen LogP contribution in [0, 0.1) is 12.0 Å². The van der Waals surface area contributed by atoms with Crippen LogP contribution in [0.2, 0.25) is 0 Å². The second kappa shape index (κ2) is 7.71. The van der Waals surface area contributed by atoms with Crippen LogP contribution in [0.1, 0.15) is 29.8 Å². The molecule has 1 heterocycles. The minimum Gasteiger partial charge on any atom is -0.491 e. The van der Waals surface area contributed by atoms with Crippen molar-refractivity contribution in [3.63, 3.8) is 0 Å². The van der Waals surface area contributed by atoms with Crippen molar-refractivity contribution in [2.75, 3.05) is 0 Å². The Morgan fingerprint density at radius 2 is 1.89 bits per heavy atom. The summed E-state index contributed by atoms with van der Waals surface area (Å²) in [5, 5.41) is 9.05. The zero-order valence-corrected chi connectivity index (χ0v) is 15.1. The summed E-state index contributed by atoms with van der Waals surface area (Å²) >= 11 is 0. The molecular weight excluding hydrogens is 340 g/mol. The van der Waals surface area contributed by atoms with Crippen LogP contribution in [-0.2, 0) is 0 Å². The molecule has 0 fully saturated rings. The minimum atomic E-state index is -0.952. The van der Waals surface area contributed by atoms with Crippen LogP contribution in [0.15, 0.2) is 60.9 Å². The van der Waals surface area contributed by atoms with Crippen molar-refractivity contribution in [3.8, 4) is 34.5 Å². The molecule has 0 bridgehead atoms. The number of nitrogens with two attached hydrogens (primary N) is 1. The number of ether oxygens (including phenoxy) is 1. The Hall–Kier alpha value is -3.65. The van der Waals surface area contributed by atoms with E-state index in [-0.39, 0.29) is 11.7 Å². The Balaban J connectivity index is 2.03. The molecule has 27 heavy (non-hydrogen) atoms. The Morgan fingerprint density at radius 1 is 1.15 bits per heavy atom. The molecule has 0 saturated carbocycles. The molecule has 136 valence electrons. The van der Waals surface area contributed by atoms with Gasteiger partial charge in [-0.15, -0.1) is 0 Å². The van der Waals surface area contributed by atoms with Crippen LogP contribution in [0.5, 0.6) is 5.75 Å². The lowest BCUT2D eigenvalue weighted by atomic mass is 10.0. The fourth-order valence-corrected chi connectivity index (χ4v) is 2.80. The van der Waals surface area contributed by atoms with Gasteiger partial charge in [-0.1, -0.05) is 12.1 Å². The van der Waals surface area contributed by atoms with Gasteiger partial charge in [0.05, 0.1) is 17.2 Å². The number of hydrogen-bond donors (Lipinski definition) is 2. The largest absolute Gasteiger partial charge is 0.491 e. The third kappa shape index (κ3) is 4.13. The summed E-state index contributed by atoms with van der Waals surface area (Å²) in [6, 6.07) is 16.9. The van der Waals surface area contributed by atoms with E-state index in [4.69, 9.17) is 15.6 Å². The Kier molecular flexibility index (Phi) is 5.18. The molecule has 5 nitrogen and oxygen atoms in total. The van der Waals surface area contributed by atoms with E-state index in [1.165, 1.54) is 0 Å². The minimum absolute atomic E-state index is 0.0842. The summed E-state index contributed by atoms with van der Waals surface area (Å²) in [5.74, 6) is 2.76. The van der Waals surface area contributed by atoms with Crippen molar-refractivity contribution in [2.45, 2.75) is 20.0 Å². The first-order valence-electron chi connectivity index (χ1n) is 8.52. The van der Waals surface area contributed by atoms with Crippen molar-refractivity contribution in [2.24, 2.45) is 5.73 Å². The number of aromatic carboxylic acids is 1. The van der Waals surface area contributed by atoms with Crippen LogP contribution in [-0.4, -0.2) is 21.7 Å². The highest BCUT2D eigenvalue weighted by molar-refractivity contribution is 5.87. The zero-order chi connectivity index (χ0) is 19.4. The molecule has 3 aromatic rings. The predicted octanol–water partition coefficient (Wildman–Crippen LogP) is 3.90. The highest BCUT2D eigenvalue weighted by atomic mass is 16.5. The number of carboxylic acids is 1. The van der Waals surface area contributed by atoms with Crippen LogP contribution in [0.25, 0.3) is 16.8 Å². The predicted molar refractivity (Wildman–Crippen MR) is 105 cm³/mol. The summed E-state index contributed by atoms with van der Waals surface area (Å²) in [6.45, 7) is 3.96. The summed E-state index contributed by atoms with van der Waals surface area (Å²) in [7, 11) is 0. The maximum atomic E-state index is 11.0. The fourth-order valence-electron chi connectivity index (χ4n) is 2.80. The smallest absolute Gasteiger partial charge is 0.335 e. The van der Waals surface area contributed by atoms with Gasteiger partial charge in [-0.25, -0.2) is 4.79 Å². The van der Waals surface area contributed by atoms with Crippen LogP contribution < -0.4 is 10.5 Å². The van der Waals surface area contributed by atoms with Crippen molar-refractivity contribution in [1.82, 2.24) is 4.57 Å². The average molecular weight is 360 g/mol. The first kappa shape index (κ1) is 18.2. The van der Waals surface area contributed by atoms with Gasteiger partial charge < -0.3 is 20.1 Å². The van der Waals surface area contributed by atoms with Crippen LogP contribution >= 0.6 is 0 Å². The highest BCUT2D eigenvalue weighted by Crippen LogP contribution is 2.29. The van der Waals surface area contributed by atoms with Crippen molar-refractivity contribution >= 4 is 5.97 Å². The average Bonchev–Trinajstić information content (AvgIpc) is 3.06. The number of carbonyl (C=O) groups is 1. The maximum Gasteiger partial charge on any atom is 0.335 e. The number of benzene rings is 2. The second-order valence-electron chi connectivity index (χ2n) is 6.31. The molecule has 2 aromatic carbocycles. The summed E-state index contributed by atoms with van der Waals surface area (Å²) in [6.07, 6.45) is 3.91. The van der Waals surface area contributed by atoms with E-state index in [9.17, 15) is 4.79 Å². The summed E-state index contributed by atoms with van der Waals surface area (Å²) in [5.41, 5.74) is 9.19. The first-order valence-corrected chi connectivity index (χ1v) is 8.52. The lowest BCUT2D eigenvalue weighted by Gasteiger charge is -2.10. The molecule has 3 rings (SSSR count). The quantitative estimate of drug-likeness (QED) is 0.534. The highest BCUT2D eigenvalue weighted by Gasteiger charge is 2.11. The Labute approximate surface area is 158 Å². The van der Waals surface area contributed by atoms with Gasteiger partial charge in [0.15, 0.2) is 0 Å². The number of rotatable bonds is 5. The number of hydrogen-bond acceptors (Lipinski definition) is 3. The normalized spacial score (nSPS) is 10.3. The van der Waals surface area contributed by atoms with Gasteiger partial charge in [-0.2, -0.15) is 0 Å². The van der Waals surface area contributed by atoms with Gasteiger partial charge in [0.25, 0.3) is 0 Å². The molecule has 3 N–H and O–H groups in total. The number of aromatic nitrogens is 1. The van der Waals surface area contributed by atoms with Crippen molar-refractivity contribution < 1.29 is 14.6 Å². The van der Waals surface area contributed by atoms with E-state index in [1.807, 2.05) is 55.1 Å². The van der Waals surface area contributed by atoms with Crippen molar-refractivity contribution in [1.29, 1.82) is 0 Å². The van der Waals surface area contributed by atoms with Gasteiger partial charge in [-0.3, -0.25) is 0 Å². The van der Waals surface area contributed by atoms with Crippen molar-refractivity contribution in [3.05, 3.63) is 72.1 Å². The lowest BCUT2D eigenvalue weighted by molar-refractivity contribution is 0.0697. The maximum absolute atomic E-state index is 11.0. The number of carboxylic acid groups (broad SMARTS) is 1. The Morgan fingerprint density at radius 3 is 2.52 bits per heavy atom. The van der Waals surface area contributed by atoms with Gasteiger partial charge in [0.1, 0.15) is 5.75 Å². The van der Waals surface area contributed by atoms with E-state index in [1.54, 1.807) is 24.3 Å². The fraction of sp³-hybridized carbons (Fsp3) is 0.136. The van der Waals surface area contributed by atoms with Gasteiger partial charge >= 0.3 is 5.97 Å². The molecule has 0 aliphatic carbocycles. The third-order valence-corrected chi connectivity index (χ3v) is 3.96. The summed E-state index contributed by atoms with van der Waals surface area (Å²) < 4.78 is 7.68. The molecule has 0 unspecified atom stereocenters. The standard InChI is InChI=1S/C22H20N2O3/c1-15(2)27-20-5-3-4-17(12-20)21-14-24(13-18(21)10-11-23)19-8-6-16(7-9-19)22(25)26/h3-9,12-15H,23H2,1-2H3,(H,25,26). The SMILES string of the molecule is CC(C)Oc1cccc(-c2cn(-c3ccc(C(=O)O)cc3)cc2C#CN)c1. The molecule has 1 aromatic heterocycles. The monoisotopic (exact) mass is 360 g/mol. The topological polar surface area (TPSA) is 77.5 Å². The molecule has 0 aliphatic heterocycles. The van der Waals surface area contributed by atoms with Crippen LogP contribution in [0.4, 0.5) is 0 Å². The molecular formula is C22H20N2O3. The molecule has 0 spiro atoms. The third-order valence-electron chi connectivity index (χ3n) is 3.96. The lowest BCUT2D eigenvalue weighted by Crippen LogP contribution is -2.05. The Bertz CT molecular complexity index is 1020. The summed E-state index contributed by atoms with van der Waals surface area (Å²) in [4.78, 5) is 11.0. The second-order valence-corrected chi connectivity index (χ2v) is 6.31. The van der Waals surface area contributed by atoms with Crippen LogP contribution in [0.3, 0.4) is 0 Å². The number of nitrogens with zero attached hydrogens (tertiary/aromatic N) is 1. The molecule has 0 saturated heterocycles. The molecule has 5 heteroatoms. The van der Waals surface area contributed by atoms with E-state index in [0.717, 1.165) is 28.1 Å². The molecule has 0 radical (unpaired) electrons. The molecule has 0 aliphatic rings. The van der Waals surface area contributed by atoms with E-state index in [2.05, 4.69) is 12.0 Å². The van der Waals surface area contributed by atoms with Gasteiger partial charge in [0, 0.05) is 29.7 Å². The molecule has 0 amide bonds. The zero-order valence-electron chi connectivity index (χ0n) is 15.1. The van der Waals surface area contributed by atoms with E-state index in [0.29, 0.717) is 0 Å². The first-order chi connectivity index (χ1) is 13.0. The van der Waals surface area contributed by atoms with E-state index < -0.39 is 5.97 Å².